The van der Waals surface area contributed by atoms with Crippen molar-refractivity contribution < 1.29 is 4.74 Å². The number of ether oxygens (including phenoxy) is 1. The number of rotatable bonds is 6. The minimum absolute atomic E-state index is 0.381. The normalized spacial score (nSPS) is 13.1. The Hall–Kier alpha value is -0.930. The number of aromatic nitrogens is 1. The first-order valence-corrected chi connectivity index (χ1v) is 5.78. The molecule has 3 nitrogen and oxygen atoms in total. The van der Waals surface area contributed by atoms with Gasteiger partial charge in [0.2, 0.25) is 0 Å². The van der Waals surface area contributed by atoms with Crippen LogP contribution in [0.1, 0.15) is 25.1 Å². The lowest BCUT2D eigenvalue weighted by Gasteiger charge is -2.21. The number of nitrogens with one attached hydrogen (secondary N) is 1. The Morgan fingerprint density at radius 1 is 1.44 bits per heavy atom. The number of nitrogens with zero attached hydrogens (tertiary/aromatic N) is 1. The van der Waals surface area contributed by atoms with Gasteiger partial charge < -0.3 is 10.1 Å². The van der Waals surface area contributed by atoms with Crippen molar-refractivity contribution in [1.29, 1.82) is 0 Å². The molecule has 1 N–H and O–H groups in total. The lowest BCUT2D eigenvalue weighted by molar-refractivity contribution is 0.146. The summed E-state index contributed by atoms with van der Waals surface area (Å²) in [6.07, 6.45) is 1.84. The van der Waals surface area contributed by atoms with Crippen molar-refractivity contribution in [2.45, 2.75) is 33.4 Å². The van der Waals surface area contributed by atoms with Crippen molar-refractivity contribution in [3.8, 4) is 0 Å². The average Bonchev–Trinajstić information content (AvgIpc) is 2.26. The molecule has 1 heterocycles. The van der Waals surface area contributed by atoms with Gasteiger partial charge in [0.25, 0.3) is 0 Å². The number of hydrogen-bond donors (Lipinski definition) is 1. The molecule has 90 valence electrons. The van der Waals surface area contributed by atoms with E-state index in [0.717, 1.165) is 18.8 Å². The fraction of sp³-hybridized carbons (Fsp3) is 0.615. The predicted octanol–water partition coefficient (Wildman–Crippen LogP) is 2.15. The molecular weight excluding hydrogens is 200 g/mol. The van der Waals surface area contributed by atoms with E-state index in [-0.39, 0.29) is 0 Å². The third kappa shape index (κ3) is 3.91. The van der Waals surface area contributed by atoms with Crippen molar-refractivity contribution in [1.82, 2.24) is 10.3 Å². The monoisotopic (exact) mass is 222 g/mol. The summed E-state index contributed by atoms with van der Waals surface area (Å²) in [7, 11) is 1.74. The second-order valence-electron chi connectivity index (χ2n) is 4.45. The topological polar surface area (TPSA) is 34.1 Å². The van der Waals surface area contributed by atoms with Crippen LogP contribution >= 0.6 is 0 Å². The fourth-order valence-electron chi connectivity index (χ4n) is 1.60. The molecule has 0 saturated heterocycles. The number of aryl methyl sites for hydroxylation is 1. The Morgan fingerprint density at radius 2 is 2.19 bits per heavy atom. The van der Waals surface area contributed by atoms with Gasteiger partial charge in [-0.2, -0.15) is 0 Å². The highest BCUT2D eigenvalue weighted by atomic mass is 16.5. The fourth-order valence-corrected chi connectivity index (χ4v) is 1.60. The molecule has 1 unspecified atom stereocenters. The van der Waals surface area contributed by atoms with E-state index in [1.807, 2.05) is 12.3 Å². The van der Waals surface area contributed by atoms with Gasteiger partial charge in [0.1, 0.15) is 0 Å². The highest BCUT2D eigenvalue weighted by molar-refractivity contribution is 5.17. The van der Waals surface area contributed by atoms with E-state index in [1.54, 1.807) is 7.11 Å². The average molecular weight is 222 g/mol. The van der Waals surface area contributed by atoms with Crippen LogP contribution in [-0.4, -0.2) is 24.7 Å². The van der Waals surface area contributed by atoms with Gasteiger partial charge in [-0.05, 0) is 24.5 Å². The van der Waals surface area contributed by atoms with Gasteiger partial charge in [-0.1, -0.05) is 19.9 Å². The van der Waals surface area contributed by atoms with Gasteiger partial charge in [0, 0.05) is 25.9 Å². The summed E-state index contributed by atoms with van der Waals surface area (Å²) in [4.78, 5) is 4.37. The Morgan fingerprint density at radius 3 is 2.75 bits per heavy atom. The molecular formula is C13H22N2O. The molecule has 0 aromatic carbocycles. The van der Waals surface area contributed by atoms with E-state index in [1.165, 1.54) is 5.56 Å². The third-order valence-electron chi connectivity index (χ3n) is 2.80. The summed E-state index contributed by atoms with van der Waals surface area (Å²) in [6, 6.07) is 4.44. The van der Waals surface area contributed by atoms with Crippen LogP contribution in [0.2, 0.25) is 0 Å². The van der Waals surface area contributed by atoms with E-state index in [4.69, 9.17) is 4.74 Å². The molecule has 1 aromatic rings. The van der Waals surface area contributed by atoms with E-state index in [9.17, 15) is 0 Å². The zero-order valence-corrected chi connectivity index (χ0v) is 10.7. The first-order chi connectivity index (χ1) is 7.65. The molecule has 1 atom stereocenters. The van der Waals surface area contributed by atoms with Gasteiger partial charge in [-0.3, -0.25) is 4.98 Å². The van der Waals surface area contributed by atoms with E-state index < -0.39 is 0 Å². The molecule has 0 aliphatic heterocycles. The lowest BCUT2D eigenvalue weighted by Crippen LogP contribution is -2.37. The van der Waals surface area contributed by atoms with Gasteiger partial charge in [-0.25, -0.2) is 0 Å². The van der Waals surface area contributed by atoms with Crippen molar-refractivity contribution >= 4 is 0 Å². The maximum Gasteiger partial charge on any atom is 0.0618 e. The summed E-state index contributed by atoms with van der Waals surface area (Å²) in [6.45, 7) is 8.02. The molecule has 3 heteroatoms. The molecule has 0 saturated carbocycles. The summed E-state index contributed by atoms with van der Waals surface area (Å²) in [5.41, 5.74) is 2.35. The second kappa shape index (κ2) is 6.61. The standard InChI is InChI=1S/C13H22N2O/c1-10(2)13(9-16-4)15-8-12-11(3)6-5-7-14-12/h5-7,10,13,15H,8-9H2,1-4H3. The van der Waals surface area contributed by atoms with Crippen molar-refractivity contribution in [2.75, 3.05) is 13.7 Å². The maximum atomic E-state index is 5.20. The highest BCUT2D eigenvalue weighted by Gasteiger charge is 2.12. The number of hydrogen-bond acceptors (Lipinski definition) is 3. The van der Waals surface area contributed by atoms with Crippen molar-refractivity contribution in [3.05, 3.63) is 29.6 Å². The number of methoxy groups -OCH3 is 1. The largest absolute Gasteiger partial charge is 0.383 e. The second-order valence-corrected chi connectivity index (χ2v) is 4.45. The van der Waals surface area contributed by atoms with Crippen LogP contribution in [0.25, 0.3) is 0 Å². The Bertz CT molecular complexity index is 313. The molecule has 0 fully saturated rings. The summed E-state index contributed by atoms with van der Waals surface area (Å²) >= 11 is 0. The van der Waals surface area contributed by atoms with Crippen LogP contribution in [0.15, 0.2) is 18.3 Å². The van der Waals surface area contributed by atoms with Crippen LogP contribution < -0.4 is 5.32 Å². The Labute approximate surface area is 98.2 Å². The van der Waals surface area contributed by atoms with E-state index >= 15 is 0 Å². The van der Waals surface area contributed by atoms with Crippen LogP contribution in [0.3, 0.4) is 0 Å². The molecule has 16 heavy (non-hydrogen) atoms. The molecule has 0 aliphatic rings. The molecule has 0 amide bonds. The van der Waals surface area contributed by atoms with Crippen molar-refractivity contribution in [3.63, 3.8) is 0 Å². The number of pyridine rings is 1. The molecule has 0 aliphatic carbocycles. The SMILES string of the molecule is COCC(NCc1ncccc1C)C(C)C. The highest BCUT2D eigenvalue weighted by Crippen LogP contribution is 2.06. The van der Waals surface area contributed by atoms with E-state index in [2.05, 4.69) is 37.1 Å². The van der Waals surface area contributed by atoms with Gasteiger partial charge in [0.05, 0.1) is 12.3 Å². The van der Waals surface area contributed by atoms with Crippen molar-refractivity contribution in [2.24, 2.45) is 5.92 Å². The summed E-state index contributed by atoms with van der Waals surface area (Å²) in [5.74, 6) is 0.559. The first-order valence-electron chi connectivity index (χ1n) is 5.78. The molecule has 0 bridgehead atoms. The molecule has 1 rings (SSSR count). The summed E-state index contributed by atoms with van der Waals surface area (Å²) < 4.78 is 5.20. The zero-order valence-electron chi connectivity index (χ0n) is 10.7. The minimum Gasteiger partial charge on any atom is -0.383 e. The lowest BCUT2D eigenvalue weighted by atomic mass is 10.1. The Kier molecular flexibility index (Phi) is 5.43. The van der Waals surface area contributed by atoms with Crippen LogP contribution in [-0.2, 0) is 11.3 Å². The van der Waals surface area contributed by atoms with Gasteiger partial charge >= 0.3 is 0 Å². The zero-order chi connectivity index (χ0) is 12.0. The van der Waals surface area contributed by atoms with Gasteiger partial charge in [-0.15, -0.1) is 0 Å². The molecule has 0 spiro atoms. The Balaban J connectivity index is 2.52. The maximum absolute atomic E-state index is 5.20. The van der Waals surface area contributed by atoms with Crippen LogP contribution in [0, 0.1) is 12.8 Å². The summed E-state index contributed by atoms with van der Waals surface area (Å²) in [5, 5.41) is 3.49. The smallest absolute Gasteiger partial charge is 0.0618 e. The third-order valence-corrected chi connectivity index (χ3v) is 2.80. The van der Waals surface area contributed by atoms with E-state index in [0.29, 0.717) is 12.0 Å². The van der Waals surface area contributed by atoms with Crippen LogP contribution in [0.4, 0.5) is 0 Å². The molecule has 0 radical (unpaired) electrons. The van der Waals surface area contributed by atoms with Gasteiger partial charge in [0.15, 0.2) is 0 Å². The van der Waals surface area contributed by atoms with Crippen LogP contribution in [0.5, 0.6) is 0 Å². The predicted molar refractivity (Wildman–Crippen MR) is 66.3 cm³/mol. The quantitative estimate of drug-likeness (QED) is 0.801. The first kappa shape index (κ1) is 13.1. The minimum atomic E-state index is 0.381. The molecule has 1 aromatic heterocycles.